The first-order chi connectivity index (χ1) is 20.6. The number of amides is 1. The number of rotatable bonds is 4. The number of hydrogen-bond acceptors (Lipinski definition) is 3. The fraction of sp³-hybridized carbons (Fsp3) is 0.500. The normalized spacial score (nSPS) is 32.3. The minimum absolute atomic E-state index is 0.0859. The number of carbonyl (C=O) groups is 1. The Morgan fingerprint density at radius 3 is 2.40 bits per heavy atom. The van der Waals surface area contributed by atoms with Crippen LogP contribution in [-0.2, 0) is 11.8 Å². The quantitative estimate of drug-likeness (QED) is 0.288. The van der Waals surface area contributed by atoms with Gasteiger partial charge in [-0.3, -0.25) is 4.79 Å². The van der Waals surface area contributed by atoms with Gasteiger partial charge in [0.05, 0.1) is 0 Å². The van der Waals surface area contributed by atoms with Gasteiger partial charge in [0, 0.05) is 47.3 Å². The van der Waals surface area contributed by atoms with E-state index < -0.39 is 8.32 Å². The maximum atomic E-state index is 14.0. The molecule has 2 saturated heterocycles. The van der Waals surface area contributed by atoms with Crippen LogP contribution in [0.1, 0.15) is 67.9 Å². The average Bonchev–Trinajstić information content (AvgIpc) is 3.44. The Balaban J connectivity index is 1.26. The zero-order chi connectivity index (χ0) is 29.8. The van der Waals surface area contributed by atoms with Gasteiger partial charge in [0.2, 0.25) is 8.32 Å². The molecule has 2 saturated carbocycles. The van der Waals surface area contributed by atoms with Crippen molar-refractivity contribution in [2.45, 2.75) is 88.5 Å². The predicted molar refractivity (Wildman–Crippen MR) is 176 cm³/mol. The van der Waals surface area contributed by atoms with Crippen molar-refractivity contribution in [1.82, 2.24) is 4.90 Å². The van der Waals surface area contributed by atoms with Crippen molar-refractivity contribution < 1.29 is 9.22 Å². The van der Waals surface area contributed by atoms with Gasteiger partial charge in [0.1, 0.15) is 5.75 Å². The Labute approximate surface area is 258 Å². The van der Waals surface area contributed by atoms with Crippen molar-refractivity contribution in [2.75, 3.05) is 18.0 Å². The number of likely N-dealkylation sites (tertiary alicyclic amines) is 1. The van der Waals surface area contributed by atoms with E-state index in [4.69, 9.17) is 4.43 Å². The Morgan fingerprint density at radius 2 is 1.67 bits per heavy atom. The zero-order valence-corrected chi connectivity index (χ0v) is 27.5. The molecule has 0 N–H and O–H groups in total. The molecule has 2 heterocycles. The van der Waals surface area contributed by atoms with Crippen LogP contribution < -0.4 is 9.33 Å². The standard InChI is InChI=1S/C38H46N2O2Si/c1-36(2,3)43(4,5)42-30-17-16-27-22-33-37-19-18-32-34(28(24-37)25-40(32)35(41)26-12-8-6-9-13-26)38(37,31(27)23-30)20-21-39(33)29-14-10-7-11-15-29/h6-17,23,28,32-34H,18-22,24-25H2,1-5H3/t28-,32?,33?,34?,37?,38?/m1/s1. The Morgan fingerprint density at radius 1 is 0.953 bits per heavy atom. The van der Waals surface area contributed by atoms with Crippen molar-refractivity contribution >= 4 is 19.9 Å². The second kappa shape index (κ2) is 9.23. The van der Waals surface area contributed by atoms with Crippen LogP contribution in [0.2, 0.25) is 18.1 Å². The van der Waals surface area contributed by atoms with Gasteiger partial charge in [0.25, 0.3) is 5.91 Å². The van der Waals surface area contributed by atoms with Gasteiger partial charge in [0.15, 0.2) is 0 Å². The lowest BCUT2D eigenvalue weighted by atomic mass is 9.43. The minimum Gasteiger partial charge on any atom is -0.543 e. The Hall–Kier alpha value is -3.05. The van der Waals surface area contributed by atoms with Gasteiger partial charge in [-0.15, -0.1) is 0 Å². The van der Waals surface area contributed by atoms with Crippen LogP contribution in [0, 0.1) is 17.3 Å². The molecule has 1 amide bonds. The molecule has 224 valence electrons. The fourth-order valence-corrected chi connectivity index (χ4v) is 11.4. The van der Waals surface area contributed by atoms with Gasteiger partial charge in [-0.1, -0.05) is 63.2 Å². The number of fused-ring (bicyclic) bond motifs is 1. The lowest BCUT2D eigenvalue weighted by molar-refractivity contribution is -0.0327. The highest BCUT2D eigenvalue weighted by atomic mass is 28.4. The summed E-state index contributed by atoms with van der Waals surface area (Å²) in [5.74, 6) is 2.35. The van der Waals surface area contributed by atoms with Crippen LogP contribution in [0.25, 0.3) is 0 Å². The van der Waals surface area contributed by atoms with Crippen molar-refractivity contribution in [3.63, 3.8) is 0 Å². The molecule has 6 atom stereocenters. The van der Waals surface area contributed by atoms with E-state index in [0.29, 0.717) is 23.9 Å². The summed E-state index contributed by atoms with van der Waals surface area (Å²) in [5, 5.41) is 0.149. The second-order valence-electron chi connectivity index (χ2n) is 15.7. The topological polar surface area (TPSA) is 32.8 Å². The molecule has 2 aliphatic heterocycles. The first-order valence-electron chi connectivity index (χ1n) is 16.6. The smallest absolute Gasteiger partial charge is 0.254 e. The van der Waals surface area contributed by atoms with Crippen molar-refractivity contribution in [3.05, 3.63) is 95.6 Å². The number of piperidine rings is 1. The first-order valence-corrected chi connectivity index (χ1v) is 19.5. The first kappa shape index (κ1) is 27.5. The molecule has 5 aliphatic rings. The van der Waals surface area contributed by atoms with Gasteiger partial charge in [-0.25, -0.2) is 0 Å². The van der Waals surface area contributed by atoms with Crippen LogP contribution in [0.5, 0.6) is 5.75 Å². The van der Waals surface area contributed by atoms with E-state index in [9.17, 15) is 4.79 Å². The fourth-order valence-electron chi connectivity index (χ4n) is 10.4. The number of carbonyl (C=O) groups excluding carboxylic acids is 1. The van der Waals surface area contributed by atoms with E-state index in [1.807, 2.05) is 30.3 Å². The van der Waals surface area contributed by atoms with E-state index in [1.54, 1.807) is 5.56 Å². The summed E-state index contributed by atoms with van der Waals surface area (Å²) in [4.78, 5) is 19.1. The third-order valence-corrected chi connectivity index (χ3v) is 17.4. The molecule has 0 radical (unpaired) electrons. The number of hydrogen-bond donors (Lipinski definition) is 0. The number of benzene rings is 3. The van der Waals surface area contributed by atoms with E-state index in [-0.39, 0.29) is 21.8 Å². The monoisotopic (exact) mass is 590 g/mol. The highest BCUT2D eigenvalue weighted by Gasteiger charge is 2.76. The maximum absolute atomic E-state index is 14.0. The predicted octanol–water partition coefficient (Wildman–Crippen LogP) is 8.08. The highest BCUT2D eigenvalue weighted by Crippen LogP contribution is 2.75. The molecule has 3 aliphatic carbocycles. The molecule has 5 unspecified atom stereocenters. The molecular weight excluding hydrogens is 545 g/mol. The van der Waals surface area contributed by atoms with Crippen LogP contribution in [-0.4, -0.2) is 44.3 Å². The number of anilines is 1. The summed E-state index contributed by atoms with van der Waals surface area (Å²) in [7, 11) is -1.98. The molecule has 0 spiro atoms. The van der Waals surface area contributed by atoms with E-state index in [0.717, 1.165) is 43.7 Å². The third-order valence-electron chi connectivity index (χ3n) is 13.0. The average molecular weight is 591 g/mol. The molecule has 3 aromatic carbocycles. The molecule has 4 nitrogen and oxygen atoms in total. The van der Waals surface area contributed by atoms with Gasteiger partial charge in [-0.05, 0) is 110 Å². The summed E-state index contributed by atoms with van der Waals surface area (Å²) >= 11 is 0. The minimum atomic E-state index is -1.98. The van der Waals surface area contributed by atoms with E-state index in [1.165, 1.54) is 24.1 Å². The molecule has 4 bridgehead atoms. The van der Waals surface area contributed by atoms with Crippen LogP contribution in [0.15, 0.2) is 78.9 Å². The van der Waals surface area contributed by atoms with Gasteiger partial charge >= 0.3 is 0 Å². The van der Waals surface area contributed by atoms with Crippen LogP contribution in [0.4, 0.5) is 5.69 Å². The molecule has 5 heteroatoms. The number of nitrogens with zero attached hydrogens (tertiary/aromatic N) is 2. The Kier molecular flexibility index (Phi) is 5.90. The maximum Gasteiger partial charge on any atom is 0.254 e. The van der Waals surface area contributed by atoms with Crippen LogP contribution >= 0.6 is 0 Å². The largest absolute Gasteiger partial charge is 0.543 e. The second-order valence-corrected chi connectivity index (χ2v) is 20.5. The molecule has 4 fully saturated rings. The molecular formula is C38H46N2O2Si. The highest BCUT2D eigenvalue weighted by molar-refractivity contribution is 6.74. The molecule has 8 rings (SSSR count). The Bertz CT molecular complexity index is 1570. The zero-order valence-electron chi connectivity index (χ0n) is 26.5. The van der Waals surface area contributed by atoms with Gasteiger partial charge < -0.3 is 14.2 Å². The summed E-state index contributed by atoms with van der Waals surface area (Å²) in [6.45, 7) is 13.7. The van der Waals surface area contributed by atoms with Crippen molar-refractivity contribution in [3.8, 4) is 5.75 Å². The van der Waals surface area contributed by atoms with Crippen molar-refractivity contribution in [2.24, 2.45) is 17.3 Å². The summed E-state index contributed by atoms with van der Waals surface area (Å²) in [5.41, 5.74) is 5.61. The summed E-state index contributed by atoms with van der Waals surface area (Å²) in [6, 6.07) is 29.1. The number of para-hydroxylation sites is 1. The van der Waals surface area contributed by atoms with Crippen LogP contribution in [0.3, 0.4) is 0 Å². The molecule has 43 heavy (non-hydrogen) atoms. The molecule has 0 aromatic heterocycles. The molecule has 3 aromatic rings. The summed E-state index contributed by atoms with van der Waals surface area (Å²) < 4.78 is 6.98. The SMILES string of the molecule is CC(C)(C)[Si](C)(C)Oc1ccc2c(c1)C13CCN(c4ccccc4)C(C2)C12CCC1C3[C@@H](CN1C(=O)c1ccccc1)C2. The van der Waals surface area contributed by atoms with E-state index in [2.05, 4.69) is 92.2 Å². The lowest BCUT2D eigenvalue weighted by Gasteiger charge is -2.67. The lowest BCUT2D eigenvalue weighted by Crippen LogP contribution is -2.70. The third kappa shape index (κ3) is 3.70. The van der Waals surface area contributed by atoms with E-state index >= 15 is 0 Å². The van der Waals surface area contributed by atoms with Gasteiger partial charge in [-0.2, -0.15) is 0 Å². The summed E-state index contributed by atoms with van der Waals surface area (Å²) in [6.07, 6.45) is 5.80. The van der Waals surface area contributed by atoms with Crippen molar-refractivity contribution in [1.29, 1.82) is 0 Å².